The molecule has 0 aliphatic carbocycles. The minimum atomic E-state index is -0.0648. The minimum Gasteiger partial charge on any atom is -0.466 e. The van der Waals surface area contributed by atoms with Crippen molar-refractivity contribution in [2.45, 2.75) is 58.8 Å². The number of nitrogens with one attached hydrogen (secondary N) is 1. The highest BCUT2D eigenvalue weighted by Crippen LogP contribution is 2.19. The number of ether oxygens (including phenoxy) is 3. The molecule has 0 atom stereocenters. The van der Waals surface area contributed by atoms with Gasteiger partial charge in [0.2, 0.25) is 0 Å². The highest BCUT2D eigenvalue weighted by Gasteiger charge is 2.27. The Morgan fingerprint density at radius 3 is 2.42 bits per heavy atom. The van der Waals surface area contributed by atoms with Gasteiger partial charge in [0.25, 0.3) is 0 Å². The number of rotatable bonds is 8. The van der Waals surface area contributed by atoms with E-state index >= 15 is 0 Å². The number of nitrogens with zero attached hydrogens (tertiary/aromatic N) is 2. The van der Waals surface area contributed by atoms with Gasteiger partial charge in [0.1, 0.15) is 0 Å². The second kappa shape index (κ2) is 12.7. The van der Waals surface area contributed by atoms with Crippen LogP contribution in [0.1, 0.15) is 50.7 Å². The number of hydrogen-bond acceptors (Lipinski definition) is 5. The van der Waals surface area contributed by atoms with Gasteiger partial charge in [-0.15, -0.1) is 0 Å². The number of benzene rings is 1. The molecule has 0 radical (unpaired) electrons. The second-order valence-corrected chi connectivity index (χ2v) is 8.12. The molecule has 1 aromatic carbocycles. The van der Waals surface area contributed by atoms with E-state index in [4.69, 9.17) is 19.2 Å². The highest BCUT2D eigenvalue weighted by atomic mass is 16.5. The summed E-state index contributed by atoms with van der Waals surface area (Å²) in [5.41, 5.74) is 2.36. The van der Waals surface area contributed by atoms with E-state index in [1.54, 1.807) is 0 Å². The first-order valence-electron chi connectivity index (χ1n) is 11.7. The number of esters is 1. The van der Waals surface area contributed by atoms with Gasteiger partial charge in [-0.1, -0.05) is 24.3 Å². The molecule has 3 rings (SSSR count). The normalized spacial score (nSPS) is 18.8. The molecule has 0 amide bonds. The molecule has 7 nitrogen and oxygen atoms in total. The van der Waals surface area contributed by atoms with Crippen LogP contribution in [0.4, 0.5) is 0 Å². The Labute approximate surface area is 186 Å². The van der Waals surface area contributed by atoms with E-state index in [0.29, 0.717) is 25.9 Å². The fourth-order valence-electron chi connectivity index (χ4n) is 3.98. The molecule has 2 fully saturated rings. The van der Waals surface area contributed by atoms with Gasteiger partial charge in [-0.05, 0) is 50.7 Å². The predicted octanol–water partition coefficient (Wildman–Crippen LogP) is 3.12. The number of likely N-dealkylation sites (tertiary alicyclic amines) is 1. The molecule has 0 spiro atoms. The third-order valence-electron chi connectivity index (χ3n) is 5.84. The van der Waals surface area contributed by atoms with E-state index in [1.165, 1.54) is 11.1 Å². The Morgan fingerprint density at radius 2 is 1.77 bits per heavy atom. The molecule has 1 aromatic rings. The van der Waals surface area contributed by atoms with Crippen LogP contribution in [-0.2, 0) is 32.2 Å². The van der Waals surface area contributed by atoms with Crippen molar-refractivity contribution in [1.29, 1.82) is 0 Å². The van der Waals surface area contributed by atoms with E-state index < -0.39 is 0 Å². The summed E-state index contributed by atoms with van der Waals surface area (Å²) < 4.78 is 16.6. The second-order valence-electron chi connectivity index (χ2n) is 8.12. The number of aliphatic imine (C=N–C) groups is 1. The summed E-state index contributed by atoms with van der Waals surface area (Å²) >= 11 is 0. The highest BCUT2D eigenvalue weighted by molar-refractivity contribution is 5.80. The van der Waals surface area contributed by atoms with E-state index in [1.807, 2.05) is 6.92 Å². The molecule has 2 aliphatic rings. The van der Waals surface area contributed by atoms with Crippen molar-refractivity contribution >= 4 is 11.9 Å². The standard InChI is InChI=1S/C24H37N3O4/c1-3-25-24(27-13-9-21(10-14-27)23(28)30-4-2)26-17-19-5-7-20(8-6-19)18-31-22-11-15-29-16-12-22/h5-8,21-22H,3-4,9-18H2,1-2H3,(H,25,26). The van der Waals surface area contributed by atoms with Crippen molar-refractivity contribution in [3.05, 3.63) is 35.4 Å². The summed E-state index contributed by atoms with van der Waals surface area (Å²) in [6, 6.07) is 8.51. The van der Waals surface area contributed by atoms with Crippen LogP contribution >= 0.6 is 0 Å². The Bertz CT molecular complexity index is 693. The molecular weight excluding hydrogens is 394 g/mol. The maximum atomic E-state index is 12.0. The van der Waals surface area contributed by atoms with Gasteiger partial charge in [-0.3, -0.25) is 4.79 Å². The molecule has 0 bridgehead atoms. The average Bonchev–Trinajstić information content (AvgIpc) is 2.82. The van der Waals surface area contributed by atoms with Gasteiger partial charge in [-0.2, -0.15) is 0 Å². The lowest BCUT2D eigenvalue weighted by molar-refractivity contribution is -0.149. The zero-order chi connectivity index (χ0) is 21.9. The summed E-state index contributed by atoms with van der Waals surface area (Å²) in [6.45, 7) is 9.71. The summed E-state index contributed by atoms with van der Waals surface area (Å²) in [5.74, 6) is 0.858. The maximum absolute atomic E-state index is 12.0. The Morgan fingerprint density at radius 1 is 1.10 bits per heavy atom. The van der Waals surface area contributed by atoms with Crippen molar-refractivity contribution in [3.63, 3.8) is 0 Å². The van der Waals surface area contributed by atoms with Crippen LogP contribution in [0.2, 0.25) is 0 Å². The molecule has 2 saturated heterocycles. The van der Waals surface area contributed by atoms with E-state index in [2.05, 4.69) is 41.4 Å². The summed E-state index contributed by atoms with van der Waals surface area (Å²) in [4.78, 5) is 19.1. The number of guanidine groups is 1. The van der Waals surface area contributed by atoms with E-state index in [9.17, 15) is 4.79 Å². The SMILES string of the molecule is CCNC(=NCc1ccc(COC2CCOCC2)cc1)N1CCC(C(=O)OCC)CC1. The van der Waals surface area contributed by atoms with Crippen LogP contribution in [0.5, 0.6) is 0 Å². The Hall–Kier alpha value is -2.12. The van der Waals surface area contributed by atoms with Crippen molar-refractivity contribution in [2.24, 2.45) is 10.9 Å². The van der Waals surface area contributed by atoms with Crippen LogP contribution in [-0.4, -0.2) is 62.4 Å². The molecule has 0 aromatic heterocycles. The van der Waals surface area contributed by atoms with Crippen LogP contribution in [0.3, 0.4) is 0 Å². The van der Waals surface area contributed by atoms with Crippen LogP contribution in [0.25, 0.3) is 0 Å². The Balaban J connectivity index is 1.49. The quantitative estimate of drug-likeness (QED) is 0.387. The first kappa shape index (κ1) is 23.5. The van der Waals surface area contributed by atoms with E-state index in [-0.39, 0.29) is 11.9 Å². The molecule has 0 unspecified atom stereocenters. The van der Waals surface area contributed by atoms with Gasteiger partial charge >= 0.3 is 5.97 Å². The molecular formula is C24H37N3O4. The lowest BCUT2D eigenvalue weighted by Gasteiger charge is -2.33. The summed E-state index contributed by atoms with van der Waals surface area (Å²) in [6.07, 6.45) is 3.90. The topological polar surface area (TPSA) is 72.4 Å². The smallest absolute Gasteiger partial charge is 0.309 e. The maximum Gasteiger partial charge on any atom is 0.309 e. The molecule has 2 aliphatic heterocycles. The van der Waals surface area contributed by atoms with Gasteiger partial charge in [-0.25, -0.2) is 4.99 Å². The van der Waals surface area contributed by atoms with Gasteiger partial charge in [0.15, 0.2) is 5.96 Å². The van der Waals surface area contributed by atoms with Crippen molar-refractivity contribution in [1.82, 2.24) is 10.2 Å². The first-order chi connectivity index (χ1) is 15.2. The molecule has 1 N–H and O–H groups in total. The predicted molar refractivity (Wildman–Crippen MR) is 121 cm³/mol. The monoisotopic (exact) mass is 431 g/mol. The van der Waals surface area contributed by atoms with Crippen LogP contribution in [0.15, 0.2) is 29.3 Å². The molecule has 31 heavy (non-hydrogen) atoms. The first-order valence-corrected chi connectivity index (χ1v) is 11.7. The van der Waals surface area contributed by atoms with Gasteiger partial charge in [0.05, 0.1) is 31.8 Å². The molecule has 172 valence electrons. The summed E-state index contributed by atoms with van der Waals surface area (Å²) in [7, 11) is 0. The largest absolute Gasteiger partial charge is 0.466 e. The summed E-state index contributed by atoms with van der Waals surface area (Å²) in [5, 5.41) is 3.39. The van der Waals surface area contributed by atoms with Crippen molar-refractivity contribution in [3.8, 4) is 0 Å². The van der Waals surface area contributed by atoms with E-state index in [0.717, 1.165) is 64.5 Å². The van der Waals surface area contributed by atoms with Gasteiger partial charge < -0.3 is 24.4 Å². The lowest BCUT2D eigenvalue weighted by Crippen LogP contribution is -2.46. The van der Waals surface area contributed by atoms with Gasteiger partial charge in [0, 0.05) is 32.8 Å². The fraction of sp³-hybridized carbons (Fsp3) is 0.667. The number of hydrogen-bond donors (Lipinski definition) is 1. The third kappa shape index (κ3) is 7.51. The average molecular weight is 432 g/mol. The minimum absolute atomic E-state index is 0.00924. The lowest BCUT2D eigenvalue weighted by atomic mass is 9.97. The van der Waals surface area contributed by atoms with Crippen molar-refractivity contribution < 1.29 is 19.0 Å². The molecule has 2 heterocycles. The van der Waals surface area contributed by atoms with Crippen molar-refractivity contribution in [2.75, 3.05) is 39.5 Å². The number of carbonyl (C=O) groups is 1. The number of piperidine rings is 1. The molecule has 0 saturated carbocycles. The van der Waals surface area contributed by atoms with Crippen LogP contribution in [0, 0.1) is 5.92 Å². The number of carbonyl (C=O) groups excluding carboxylic acids is 1. The fourth-order valence-corrected chi connectivity index (χ4v) is 3.98. The zero-order valence-corrected chi connectivity index (χ0v) is 19.0. The third-order valence-corrected chi connectivity index (χ3v) is 5.84. The molecule has 7 heteroatoms. The zero-order valence-electron chi connectivity index (χ0n) is 19.0. The van der Waals surface area contributed by atoms with Crippen LogP contribution < -0.4 is 5.32 Å². The Kier molecular flexibility index (Phi) is 9.62.